The first-order valence-corrected chi connectivity index (χ1v) is 7.99. The van der Waals surface area contributed by atoms with Crippen LogP contribution in [-0.2, 0) is 12.8 Å². The molecule has 1 aromatic rings. The number of hydrogen-bond donors (Lipinski definition) is 0. The molecule has 1 saturated carbocycles. The normalized spacial score (nSPS) is 20.1. The first kappa shape index (κ1) is 13.2. The van der Waals surface area contributed by atoms with Gasteiger partial charge in [0.2, 0.25) is 0 Å². The molecule has 0 N–H and O–H groups in total. The van der Waals surface area contributed by atoms with Gasteiger partial charge in [0.15, 0.2) is 5.78 Å². The summed E-state index contributed by atoms with van der Waals surface area (Å²) in [6.07, 6.45) is 10.5. The lowest BCUT2D eigenvalue weighted by Gasteiger charge is -2.22. The van der Waals surface area contributed by atoms with Crippen molar-refractivity contribution in [3.8, 4) is 0 Å². The van der Waals surface area contributed by atoms with E-state index in [-0.39, 0.29) is 11.7 Å². The van der Waals surface area contributed by atoms with Crippen molar-refractivity contribution in [1.29, 1.82) is 0 Å². The minimum absolute atomic E-state index is 0.216. The molecule has 0 atom stereocenters. The number of ketones is 1. The third-order valence-corrected chi connectivity index (χ3v) is 4.99. The first-order valence-electron chi connectivity index (χ1n) is 7.61. The highest BCUT2D eigenvalue weighted by atomic mass is 35.5. The van der Waals surface area contributed by atoms with Crippen LogP contribution in [0.15, 0.2) is 12.1 Å². The van der Waals surface area contributed by atoms with E-state index in [1.807, 2.05) is 6.07 Å². The Morgan fingerprint density at radius 1 is 0.947 bits per heavy atom. The lowest BCUT2D eigenvalue weighted by atomic mass is 9.82. The van der Waals surface area contributed by atoms with E-state index in [2.05, 4.69) is 6.07 Å². The maximum Gasteiger partial charge on any atom is 0.167 e. The summed E-state index contributed by atoms with van der Waals surface area (Å²) in [6.45, 7) is 0. The Hall–Kier alpha value is -0.820. The molecular formula is C17H21ClO. The van der Waals surface area contributed by atoms with Crippen molar-refractivity contribution in [2.45, 2.75) is 57.8 Å². The zero-order valence-electron chi connectivity index (χ0n) is 11.4. The number of carbonyl (C=O) groups is 1. The van der Waals surface area contributed by atoms with Gasteiger partial charge in [0.25, 0.3) is 0 Å². The molecule has 0 aliphatic heterocycles. The van der Waals surface area contributed by atoms with Gasteiger partial charge < -0.3 is 0 Å². The zero-order valence-corrected chi connectivity index (χ0v) is 12.1. The van der Waals surface area contributed by atoms with Crippen molar-refractivity contribution >= 4 is 17.4 Å². The molecule has 2 aliphatic carbocycles. The largest absolute Gasteiger partial charge is 0.294 e. The Bertz CT molecular complexity index is 486. The fraction of sp³-hybridized carbons (Fsp3) is 0.588. The fourth-order valence-corrected chi connectivity index (χ4v) is 3.81. The van der Waals surface area contributed by atoms with Gasteiger partial charge in [0.1, 0.15) is 0 Å². The summed E-state index contributed by atoms with van der Waals surface area (Å²) in [5, 5.41) is 0.677. The second-order valence-electron chi connectivity index (χ2n) is 6.01. The summed E-state index contributed by atoms with van der Waals surface area (Å²) >= 11 is 6.35. The summed E-state index contributed by atoms with van der Waals surface area (Å²) in [4.78, 5) is 12.6. The predicted molar refractivity (Wildman–Crippen MR) is 79.0 cm³/mol. The molecule has 2 heteroatoms. The van der Waals surface area contributed by atoms with Crippen LogP contribution in [0, 0.1) is 5.92 Å². The maximum atomic E-state index is 12.6. The number of hydrogen-bond acceptors (Lipinski definition) is 1. The van der Waals surface area contributed by atoms with Crippen molar-refractivity contribution in [2.75, 3.05) is 0 Å². The van der Waals surface area contributed by atoms with E-state index in [1.165, 1.54) is 43.2 Å². The predicted octanol–water partition coefficient (Wildman–Crippen LogP) is 4.98. The molecule has 0 saturated heterocycles. The Morgan fingerprint density at radius 3 is 2.26 bits per heavy atom. The third-order valence-electron chi connectivity index (χ3n) is 4.67. The van der Waals surface area contributed by atoms with E-state index < -0.39 is 0 Å². The zero-order chi connectivity index (χ0) is 13.2. The van der Waals surface area contributed by atoms with Gasteiger partial charge in [-0.1, -0.05) is 30.9 Å². The third kappa shape index (κ3) is 2.72. The summed E-state index contributed by atoms with van der Waals surface area (Å²) in [6, 6.07) is 4.14. The van der Waals surface area contributed by atoms with Crippen molar-refractivity contribution in [3.05, 3.63) is 33.8 Å². The Labute approximate surface area is 120 Å². The molecule has 19 heavy (non-hydrogen) atoms. The van der Waals surface area contributed by atoms with Gasteiger partial charge in [-0.3, -0.25) is 4.79 Å². The van der Waals surface area contributed by atoms with E-state index in [1.54, 1.807) is 0 Å². The van der Waals surface area contributed by atoms with Crippen LogP contribution in [0.2, 0.25) is 5.02 Å². The molecule has 0 radical (unpaired) electrons. The molecule has 102 valence electrons. The van der Waals surface area contributed by atoms with E-state index in [4.69, 9.17) is 11.6 Å². The summed E-state index contributed by atoms with van der Waals surface area (Å²) in [7, 11) is 0. The standard InChI is InChI=1S/C17H21ClO/c18-16-11-14-9-5-4-8-13(14)10-15(16)17(19)12-6-2-1-3-7-12/h10-12H,1-9H2. The van der Waals surface area contributed by atoms with E-state index in [0.717, 1.165) is 31.2 Å². The van der Waals surface area contributed by atoms with Gasteiger partial charge in [-0.05, 0) is 61.8 Å². The number of benzene rings is 1. The summed E-state index contributed by atoms with van der Waals surface area (Å²) in [5.74, 6) is 0.506. The molecule has 0 spiro atoms. The molecule has 1 nitrogen and oxygen atoms in total. The second kappa shape index (κ2) is 5.66. The van der Waals surface area contributed by atoms with Crippen molar-refractivity contribution < 1.29 is 4.79 Å². The average Bonchev–Trinajstić information content (AvgIpc) is 2.47. The molecular weight excluding hydrogens is 256 g/mol. The molecule has 3 rings (SSSR count). The smallest absolute Gasteiger partial charge is 0.167 e. The number of carbonyl (C=O) groups excluding carboxylic acids is 1. The molecule has 0 aromatic heterocycles. The van der Waals surface area contributed by atoms with Crippen LogP contribution < -0.4 is 0 Å². The summed E-state index contributed by atoms with van der Waals surface area (Å²) < 4.78 is 0. The minimum Gasteiger partial charge on any atom is -0.294 e. The monoisotopic (exact) mass is 276 g/mol. The lowest BCUT2D eigenvalue weighted by Crippen LogP contribution is -2.19. The van der Waals surface area contributed by atoms with Crippen LogP contribution in [-0.4, -0.2) is 5.78 Å². The van der Waals surface area contributed by atoms with Crippen LogP contribution in [0.5, 0.6) is 0 Å². The number of rotatable bonds is 2. The minimum atomic E-state index is 0.216. The van der Waals surface area contributed by atoms with Crippen LogP contribution in [0.1, 0.15) is 66.4 Å². The molecule has 0 amide bonds. The van der Waals surface area contributed by atoms with Gasteiger partial charge in [-0.15, -0.1) is 0 Å². The maximum absolute atomic E-state index is 12.6. The highest BCUT2D eigenvalue weighted by molar-refractivity contribution is 6.34. The van der Waals surface area contributed by atoms with Crippen molar-refractivity contribution in [3.63, 3.8) is 0 Å². The van der Waals surface area contributed by atoms with Crippen LogP contribution >= 0.6 is 11.6 Å². The van der Waals surface area contributed by atoms with Crippen LogP contribution in [0.4, 0.5) is 0 Å². The molecule has 0 heterocycles. The average molecular weight is 277 g/mol. The van der Waals surface area contributed by atoms with Gasteiger partial charge in [0.05, 0.1) is 5.02 Å². The fourth-order valence-electron chi connectivity index (χ4n) is 3.53. The van der Waals surface area contributed by atoms with Gasteiger partial charge >= 0.3 is 0 Å². The lowest BCUT2D eigenvalue weighted by molar-refractivity contribution is 0.0889. The number of aryl methyl sites for hydroxylation is 2. The number of fused-ring (bicyclic) bond motifs is 1. The molecule has 1 aromatic carbocycles. The highest BCUT2D eigenvalue weighted by Crippen LogP contribution is 2.32. The van der Waals surface area contributed by atoms with Crippen molar-refractivity contribution in [2.24, 2.45) is 5.92 Å². The summed E-state index contributed by atoms with van der Waals surface area (Å²) in [5.41, 5.74) is 3.50. The highest BCUT2D eigenvalue weighted by Gasteiger charge is 2.25. The molecule has 0 unspecified atom stereocenters. The van der Waals surface area contributed by atoms with E-state index >= 15 is 0 Å². The van der Waals surface area contributed by atoms with Gasteiger partial charge in [-0.2, -0.15) is 0 Å². The molecule has 0 bridgehead atoms. The van der Waals surface area contributed by atoms with E-state index in [9.17, 15) is 4.79 Å². The first-order chi connectivity index (χ1) is 9.25. The van der Waals surface area contributed by atoms with Gasteiger partial charge in [-0.25, -0.2) is 0 Å². The number of halogens is 1. The molecule has 2 aliphatic rings. The SMILES string of the molecule is O=C(c1cc2c(cc1Cl)CCCC2)C1CCCCC1. The quantitative estimate of drug-likeness (QED) is 0.696. The topological polar surface area (TPSA) is 17.1 Å². The Balaban J connectivity index is 1.89. The van der Waals surface area contributed by atoms with Crippen LogP contribution in [0.3, 0.4) is 0 Å². The Morgan fingerprint density at radius 2 is 1.58 bits per heavy atom. The van der Waals surface area contributed by atoms with Gasteiger partial charge in [0, 0.05) is 11.5 Å². The molecule has 1 fully saturated rings. The number of Topliss-reactive ketones (excluding diaryl/α,β-unsaturated/α-hetero) is 1. The van der Waals surface area contributed by atoms with E-state index in [0.29, 0.717) is 5.02 Å². The second-order valence-corrected chi connectivity index (χ2v) is 6.41. The van der Waals surface area contributed by atoms with Crippen molar-refractivity contribution in [1.82, 2.24) is 0 Å². The Kier molecular flexibility index (Phi) is 3.93. The van der Waals surface area contributed by atoms with Crippen LogP contribution in [0.25, 0.3) is 0 Å².